The molecule has 0 saturated carbocycles. The van der Waals surface area contributed by atoms with Gasteiger partial charge in [-0.05, 0) is 37.3 Å². The molecule has 0 saturated heterocycles. The Hall–Kier alpha value is -2.78. The van der Waals surface area contributed by atoms with Crippen LogP contribution >= 0.6 is 11.6 Å². The summed E-state index contributed by atoms with van der Waals surface area (Å²) in [5.41, 5.74) is 0.769. The van der Waals surface area contributed by atoms with Crippen molar-refractivity contribution >= 4 is 44.9 Å². The summed E-state index contributed by atoms with van der Waals surface area (Å²) in [7, 11) is -2.27. The summed E-state index contributed by atoms with van der Waals surface area (Å²) < 4.78 is 35.3. The number of hydrogen-bond donors (Lipinski definition) is 1. The zero-order valence-corrected chi connectivity index (χ0v) is 17.7. The summed E-state index contributed by atoms with van der Waals surface area (Å²) >= 11 is 6.08. The van der Waals surface area contributed by atoms with Crippen LogP contribution in [-0.4, -0.2) is 46.8 Å². The van der Waals surface area contributed by atoms with E-state index >= 15 is 0 Å². The van der Waals surface area contributed by atoms with Gasteiger partial charge in [0.25, 0.3) is 0 Å². The van der Waals surface area contributed by atoms with Crippen LogP contribution in [0, 0.1) is 0 Å². The van der Waals surface area contributed by atoms with Gasteiger partial charge in [-0.25, -0.2) is 13.2 Å². The normalized spacial score (nSPS) is 10.9. The van der Waals surface area contributed by atoms with Gasteiger partial charge in [-0.1, -0.05) is 17.7 Å². The number of methoxy groups -OCH3 is 1. The third-order valence-corrected chi connectivity index (χ3v) is 5.23. The van der Waals surface area contributed by atoms with Gasteiger partial charge in [0.15, 0.2) is 0 Å². The van der Waals surface area contributed by atoms with Crippen LogP contribution in [0.4, 0.5) is 11.4 Å². The molecule has 2 rings (SSSR count). The van der Waals surface area contributed by atoms with Crippen molar-refractivity contribution in [1.29, 1.82) is 0 Å². The van der Waals surface area contributed by atoms with Crippen molar-refractivity contribution in [1.82, 2.24) is 0 Å². The highest BCUT2D eigenvalue weighted by Crippen LogP contribution is 2.24. The summed E-state index contributed by atoms with van der Waals surface area (Å²) in [6.07, 6.45) is 1.00. The van der Waals surface area contributed by atoms with Gasteiger partial charge in [0.05, 0.1) is 36.2 Å². The Labute approximate surface area is 174 Å². The molecule has 2 aromatic rings. The monoisotopic (exact) mass is 440 g/mol. The average molecular weight is 441 g/mol. The summed E-state index contributed by atoms with van der Waals surface area (Å²) in [6.45, 7) is 1.43. The summed E-state index contributed by atoms with van der Waals surface area (Å²) in [4.78, 5) is 24.2. The fourth-order valence-electron chi connectivity index (χ4n) is 2.46. The van der Waals surface area contributed by atoms with E-state index in [4.69, 9.17) is 21.1 Å². The first-order valence-corrected chi connectivity index (χ1v) is 10.8. The Balaban J connectivity index is 2.18. The molecule has 0 spiro atoms. The molecule has 1 N–H and O–H groups in total. The molecule has 0 aromatic heterocycles. The Kier molecular flexibility index (Phi) is 7.46. The predicted octanol–water partition coefficient (Wildman–Crippen LogP) is 2.93. The lowest BCUT2D eigenvalue weighted by Gasteiger charge is -2.22. The number of benzene rings is 2. The number of nitrogens with one attached hydrogen (secondary N) is 1. The van der Waals surface area contributed by atoms with Crippen molar-refractivity contribution in [3.05, 3.63) is 53.1 Å². The van der Waals surface area contributed by atoms with Crippen LogP contribution in [0.15, 0.2) is 42.5 Å². The number of hydrogen-bond acceptors (Lipinski definition) is 6. The maximum atomic E-state index is 12.4. The van der Waals surface area contributed by atoms with E-state index in [1.807, 2.05) is 0 Å². The fourth-order valence-corrected chi connectivity index (χ4v) is 3.57. The SMILES string of the molecule is CCOC(=O)c1ccc(NC(=O)CN(c2cccc(OC)c2)S(C)(=O)=O)cc1Cl. The summed E-state index contributed by atoms with van der Waals surface area (Å²) in [5, 5.41) is 2.67. The standard InChI is InChI=1S/C19H21ClN2O6S/c1-4-28-19(24)16-9-8-13(10-17(16)20)21-18(23)12-22(29(3,25)26)14-6-5-7-15(11-14)27-2/h5-11H,4,12H2,1-3H3,(H,21,23). The molecule has 0 aliphatic carbocycles. The van der Waals surface area contributed by atoms with E-state index < -0.39 is 28.4 Å². The van der Waals surface area contributed by atoms with Crippen molar-refractivity contribution in [3.63, 3.8) is 0 Å². The second kappa shape index (κ2) is 9.62. The second-order valence-corrected chi connectivity index (χ2v) is 8.25. The Morgan fingerprint density at radius 1 is 1.17 bits per heavy atom. The van der Waals surface area contributed by atoms with Crippen molar-refractivity contribution < 1.29 is 27.5 Å². The van der Waals surface area contributed by atoms with E-state index in [1.54, 1.807) is 25.1 Å². The first-order valence-electron chi connectivity index (χ1n) is 8.54. The quantitative estimate of drug-likeness (QED) is 0.633. The molecule has 10 heteroatoms. The van der Waals surface area contributed by atoms with E-state index in [1.165, 1.54) is 31.4 Å². The highest BCUT2D eigenvalue weighted by atomic mass is 35.5. The number of esters is 1. The number of carbonyl (C=O) groups is 2. The van der Waals surface area contributed by atoms with E-state index in [2.05, 4.69) is 5.32 Å². The molecule has 0 heterocycles. The maximum Gasteiger partial charge on any atom is 0.339 e. The molecule has 0 atom stereocenters. The second-order valence-electron chi connectivity index (χ2n) is 5.93. The molecule has 0 bridgehead atoms. The van der Waals surface area contributed by atoms with E-state index in [0.29, 0.717) is 11.4 Å². The lowest BCUT2D eigenvalue weighted by molar-refractivity contribution is -0.114. The van der Waals surface area contributed by atoms with E-state index in [9.17, 15) is 18.0 Å². The first-order chi connectivity index (χ1) is 13.7. The van der Waals surface area contributed by atoms with E-state index in [-0.39, 0.29) is 22.9 Å². The number of anilines is 2. The van der Waals surface area contributed by atoms with Crippen LogP contribution in [0.1, 0.15) is 17.3 Å². The maximum absolute atomic E-state index is 12.4. The number of halogens is 1. The van der Waals surface area contributed by atoms with Crippen LogP contribution in [0.25, 0.3) is 0 Å². The minimum atomic E-state index is -3.73. The highest BCUT2D eigenvalue weighted by molar-refractivity contribution is 7.92. The molecule has 29 heavy (non-hydrogen) atoms. The minimum Gasteiger partial charge on any atom is -0.497 e. The fraction of sp³-hybridized carbons (Fsp3) is 0.263. The molecule has 0 fully saturated rings. The van der Waals surface area contributed by atoms with Gasteiger partial charge >= 0.3 is 5.97 Å². The van der Waals surface area contributed by atoms with Crippen LogP contribution in [0.5, 0.6) is 5.75 Å². The molecular formula is C19H21ClN2O6S. The molecule has 0 radical (unpaired) electrons. The number of carbonyl (C=O) groups excluding carboxylic acids is 2. The lowest BCUT2D eigenvalue weighted by atomic mass is 10.2. The molecular weight excluding hydrogens is 420 g/mol. The van der Waals surface area contributed by atoms with Gasteiger partial charge in [-0.2, -0.15) is 0 Å². The first kappa shape index (κ1) is 22.5. The molecule has 156 valence electrons. The van der Waals surface area contributed by atoms with Gasteiger partial charge in [-0.3, -0.25) is 9.10 Å². The van der Waals surface area contributed by atoms with Crippen LogP contribution in [0.3, 0.4) is 0 Å². The number of amides is 1. The van der Waals surface area contributed by atoms with Crippen LogP contribution in [-0.2, 0) is 19.6 Å². The molecule has 0 aliphatic rings. The minimum absolute atomic E-state index is 0.106. The number of ether oxygens (including phenoxy) is 2. The van der Waals surface area contributed by atoms with Crippen molar-refractivity contribution in [2.75, 3.05) is 36.1 Å². The Morgan fingerprint density at radius 3 is 2.48 bits per heavy atom. The van der Waals surface area contributed by atoms with Gasteiger partial charge in [0.2, 0.25) is 15.9 Å². The van der Waals surface area contributed by atoms with E-state index in [0.717, 1.165) is 10.6 Å². The summed E-state index contributed by atoms with van der Waals surface area (Å²) in [5.74, 6) is -0.701. The van der Waals surface area contributed by atoms with Crippen molar-refractivity contribution in [3.8, 4) is 5.75 Å². The van der Waals surface area contributed by atoms with Crippen LogP contribution in [0.2, 0.25) is 5.02 Å². The smallest absolute Gasteiger partial charge is 0.339 e. The van der Waals surface area contributed by atoms with Gasteiger partial charge in [-0.15, -0.1) is 0 Å². The summed E-state index contributed by atoms with van der Waals surface area (Å²) in [6, 6.07) is 10.6. The molecule has 2 aromatic carbocycles. The third-order valence-electron chi connectivity index (χ3n) is 3.78. The predicted molar refractivity (Wildman–Crippen MR) is 111 cm³/mol. The number of rotatable bonds is 8. The van der Waals surface area contributed by atoms with Crippen molar-refractivity contribution in [2.45, 2.75) is 6.92 Å². The Morgan fingerprint density at radius 2 is 1.90 bits per heavy atom. The number of nitrogens with zero attached hydrogens (tertiary/aromatic N) is 1. The lowest BCUT2D eigenvalue weighted by Crippen LogP contribution is -2.37. The highest BCUT2D eigenvalue weighted by Gasteiger charge is 2.22. The largest absolute Gasteiger partial charge is 0.497 e. The van der Waals surface area contributed by atoms with Crippen molar-refractivity contribution in [2.24, 2.45) is 0 Å². The topological polar surface area (TPSA) is 102 Å². The third kappa shape index (κ3) is 6.10. The Bertz CT molecular complexity index is 1010. The number of sulfonamides is 1. The van der Waals surface area contributed by atoms with Gasteiger partial charge in [0.1, 0.15) is 12.3 Å². The molecule has 0 aliphatic heterocycles. The van der Waals surface area contributed by atoms with Gasteiger partial charge in [0, 0.05) is 11.8 Å². The molecule has 8 nitrogen and oxygen atoms in total. The zero-order chi connectivity index (χ0) is 21.6. The molecule has 0 unspecified atom stereocenters. The molecule has 1 amide bonds. The average Bonchev–Trinajstić information content (AvgIpc) is 2.65. The zero-order valence-electron chi connectivity index (χ0n) is 16.1. The van der Waals surface area contributed by atoms with Gasteiger partial charge < -0.3 is 14.8 Å². The van der Waals surface area contributed by atoms with Crippen LogP contribution < -0.4 is 14.4 Å².